The van der Waals surface area contributed by atoms with E-state index in [1.165, 1.54) is 5.56 Å². The molecule has 1 aromatic carbocycles. The van der Waals surface area contributed by atoms with Gasteiger partial charge in [-0.25, -0.2) is 0 Å². The first kappa shape index (κ1) is 15.0. The van der Waals surface area contributed by atoms with E-state index < -0.39 is 0 Å². The van der Waals surface area contributed by atoms with Crippen LogP contribution in [0, 0.1) is 0 Å². The van der Waals surface area contributed by atoms with Crippen molar-refractivity contribution in [1.82, 2.24) is 15.6 Å². The van der Waals surface area contributed by atoms with E-state index in [0.29, 0.717) is 18.7 Å². The molecule has 2 N–H and O–H groups in total. The number of pyridine rings is 1. The van der Waals surface area contributed by atoms with Crippen molar-refractivity contribution in [2.75, 3.05) is 20.2 Å². The second-order valence-corrected chi connectivity index (χ2v) is 4.52. The predicted molar refractivity (Wildman–Crippen MR) is 81.3 cm³/mol. The molecule has 0 fully saturated rings. The number of hydrogen-bond donors (Lipinski definition) is 2. The Kier molecular flexibility index (Phi) is 5.72. The van der Waals surface area contributed by atoms with Gasteiger partial charge in [0.25, 0.3) is 5.91 Å². The summed E-state index contributed by atoms with van der Waals surface area (Å²) < 4.78 is 5.11. The summed E-state index contributed by atoms with van der Waals surface area (Å²) in [5.74, 6) is 0.747. The summed E-state index contributed by atoms with van der Waals surface area (Å²) in [7, 11) is 1.65. The van der Waals surface area contributed by atoms with E-state index in [-0.39, 0.29) is 5.91 Å². The predicted octanol–water partition coefficient (Wildman–Crippen LogP) is 1.61. The molecule has 2 rings (SSSR count). The molecule has 0 bridgehead atoms. The van der Waals surface area contributed by atoms with Crippen LogP contribution in [0.5, 0.6) is 5.75 Å². The maximum absolute atomic E-state index is 11.8. The van der Waals surface area contributed by atoms with Crippen molar-refractivity contribution in [3.8, 4) is 5.75 Å². The number of aromatic nitrogens is 1. The lowest BCUT2D eigenvalue weighted by molar-refractivity contribution is 0.0953. The van der Waals surface area contributed by atoms with E-state index in [9.17, 15) is 4.79 Å². The zero-order valence-electron chi connectivity index (χ0n) is 12.0. The molecule has 0 spiro atoms. The molecule has 0 unspecified atom stereocenters. The van der Waals surface area contributed by atoms with E-state index in [0.717, 1.165) is 12.3 Å². The summed E-state index contributed by atoms with van der Waals surface area (Å²) in [6, 6.07) is 11.4. The lowest BCUT2D eigenvalue weighted by Gasteiger charge is -2.07. The summed E-state index contributed by atoms with van der Waals surface area (Å²) in [4.78, 5) is 15.7. The average molecular weight is 285 g/mol. The van der Waals surface area contributed by atoms with Gasteiger partial charge in [-0.3, -0.25) is 9.78 Å². The Morgan fingerprint density at radius 3 is 2.67 bits per heavy atom. The normalized spacial score (nSPS) is 10.1. The van der Waals surface area contributed by atoms with Crippen LogP contribution in [0.3, 0.4) is 0 Å². The molecule has 21 heavy (non-hydrogen) atoms. The van der Waals surface area contributed by atoms with Crippen molar-refractivity contribution in [2.24, 2.45) is 0 Å². The summed E-state index contributed by atoms with van der Waals surface area (Å²) in [5, 5.41) is 6.12. The van der Waals surface area contributed by atoms with Crippen LogP contribution in [0.1, 0.15) is 15.9 Å². The number of hydrogen-bond acceptors (Lipinski definition) is 4. The van der Waals surface area contributed by atoms with Gasteiger partial charge < -0.3 is 15.4 Å². The number of nitrogens with one attached hydrogen (secondary N) is 2. The molecule has 0 aliphatic heterocycles. The van der Waals surface area contributed by atoms with E-state index >= 15 is 0 Å². The molecular formula is C16H19N3O2. The highest BCUT2D eigenvalue weighted by atomic mass is 16.5. The molecule has 5 heteroatoms. The Hall–Kier alpha value is -2.40. The number of benzene rings is 1. The van der Waals surface area contributed by atoms with E-state index in [1.54, 1.807) is 31.6 Å². The van der Waals surface area contributed by atoms with Crippen molar-refractivity contribution >= 4 is 5.91 Å². The van der Waals surface area contributed by atoms with Crippen molar-refractivity contribution in [2.45, 2.75) is 6.54 Å². The zero-order valence-corrected chi connectivity index (χ0v) is 12.0. The summed E-state index contributed by atoms with van der Waals surface area (Å²) in [5.41, 5.74) is 1.75. The molecular weight excluding hydrogens is 266 g/mol. The molecule has 0 aliphatic rings. The highest BCUT2D eigenvalue weighted by Crippen LogP contribution is 2.10. The highest BCUT2D eigenvalue weighted by Gasteiger charge is 2.03. The third-order valence-electron chi connectivity index (χ3n) is 3.00. The van der Waals surface area contributed by atoms with Gasteiger partial charge in [-0.1, -0.05) is 12.1 Å². The molecule has 1 amide bonds. The Balaban J connectivity index is 1.64. The minimum atomic E-state index is -0.102. The monoisotopic (exact) mass is 285 g/mol. The molecule has 0 saturated carbocycles. The van der Waals surface area contributed by atoms with E-state index in [1.807, 2.05) is 24.3 Å². The van der Waals surface area contributed by atoms with Crippen LogP contribution in [0.2, 0.25) is 0 Å². The molecule has 0 radical (unpaired) electrons. The zero-order chi connectivity index (χ0) is 14.9. The Bertz CT molecular complexity index is 555. The van der Waals surface area contributed by atoms with Gasteiger partial charge in [0.15, 0.2) is 0 Å². The molecule has 110 valence electrons. The summed E-state index contributed by atoms with van der Waals surface area (Å²) >= 11 is 0. The molecule has 0 atom stereocenters. The van der Waals surface area contributed by atoms with Gasteiger partial charge in [0.05, 0.1) is 12.7 Å². The Morgan fingerprint density at radius 2 is 2.00 bits per heavy atom. The minimum absolute atomic E-state index is 0.102. The van der Waals surface area contributed by atoms with Gasteiger partial charge in [-0.2, -0.15) is 0 Å². The first-order valence-electron chi connectivity index (χ1n) is 6.81. The van der Waals surface area contributed by atoms with Crippen LogP contribution < -0.4 is 15.4 Å². The lowest BCUT2D eigenvalue weighted by atomic mass is 10.2. The number of carbonyl (C=O) groups is 1. The standard InChI is InChI=1S/C16H19N3O2/c1-21-15-6-4-13(5-7-15)11-18-9-10-19-16(20)14-3-2-8-17-12-14/h2-8,12,18H,9-11H2,1H3,(H,19,20). The van der Waals surface area contributed by atoms with Crippen molar-refractivity contribution in [3.63, 3.8) is 0 Å². The van der Waals surface area contributed by atoms with Crippen LogP contribution in [-0.4, -0.2) is 31.1 Å². The quantitative estimate of drug-likeness (QED) is 0.759. The first-order valence-corrected chi connectivity index (χ1v) is 6.81. The molecule has 1 aromatic heterocycles. The van der Waals surface area contributed by atoms with Crippen molar-refractivity contribution < 1.29 is 9.53 Å². The van der Waals surface area contributed by atoms with Crippen molar-refractivity contribution in [3.05, 3.63) is 59.9 Å². The molecule has 1 heterocycles. The number of nitrogens with zero attached hydrogens (tertiary/aromatic N) is 1. The Morgan fingerprint density at radius 1 is 1.19 bits per heavy atom. The Labute approximate surface area is 124 Å². The second kappa shape index (κ2) is 8.01. The average Bonchev–Trinajstić information content (AvgIpc) is 2.55. The van der Waals surface area contributed by atoms with Crippen LogP contribution in [-0.2, 0) is 6.54 Å². The first-order chi connectivity index (χ1) is 10.3. The van der Waals surface area contributed by atoms with Crippen LogP contribution in [0.4, 0.5) is 0 Å². The molecule has 2 aromatic rings. The lowest BCUT2D eigenvalue weighted by Crippen LogP contribution is -2.31. The SMILES string of the molecule is COc1ccc(CNCCNC(=O)c2cccnc2)cc1. The topological polar surface area (TPSA) is 63.2 Å². The summed E-state index contributed by atoms with van der Waals surface area (Å²) in [6.07, 6.45) is 3.20. The molecule has 5 nitrogen and oxygen atoms in total. The molecule has 0 saturated heterocycles. The van der Waals surface area contributed by atoms with Gasteiger partial charge in [-0.15, -0.1) is 0 Å². The smallest absolute Gasteiger partial charge is 0.252 e. The van der Waals surface area contributed by atoms with Gasteiger partial charge in [0.1, 0.15) is 5.75 Å². The fraction of sp³-hybridized carbons (Fsp3) is 0.250. The van der Waals surface area contributed by atoms with Gasteiger partial charge >= 0.3 is 0 Å². The number of amides is 1. The summed E-state index contributed by atoms with van der Waals surface area (Å²) in [6.45, 7) is 2.04. The van der Waals surface area contributed by atoms with E-state index in [4.69, 9.17) is 4.74 Å². The number of methoxy groups -OCH3 is 1. The van der Waals surface area contributed by atoms with Gasteiger partial charge in [-0.05, 0) is 29.8 Å². The maximum atomic E-state index is 11.8. The largest absolute Gasteiger partial charge is 0.497 e. The third-order valence-corrected chi connectivity index (χ3v) is 3.00. The minimum Gasteiger partial charge on any atom is -0.497 e. The highest BCUT2D eigenvalue weighted by molar-refractivity contribution is 5.93. The maximum Gasteiger partial charge on any atom is 0.252 e. The number of ether oxygens (including phenoxy) is 1. The fourth-order valence-electron chi connectivity index (χ4n) is 1.84. The second-order valence-electron chi connectivity index (χ2n) is 4.52. The fourth-order valence-corrected chi connectivity index (χ4v) is 1.84. The van der Waals surface area contributed by atoms with Crippen LogP contribution in [0.25, 0.3) is 0 Å². The van der Waals surface area contributed by atoms with Gasteiger partial charge in [0.2, 0.25) is 0 Å². The van der Waals surface area contributed by atoms with Crippen molar-refractivity contribution in [1.29, 1.82) is 0 Å². The van der Waals surface area contributed by atoms with Crippen LogP contribution >= 0.6 is 0 Å². The number of carbonyl (C=O) groups excluding carboxylic acids is 1. The van der Waals surface area contributed by atoms with Crippen LogP contribution in [0.15, 0.2) is 48.8 Å². The number of rotatable bonds is 7. The molecule has 0 aliphatic carbocycles. The van der Waals surface area contributed by atoms with E-state index in [2.05, 4.69) is 15.6 Å². The third kappa shape index (κ3) is 4.89. The van der Waals surface area contributed by atoms with Gasteiger partial charge in [0, 0.05) is 32.0 Å².